The number of aromatic nitrogens is 3. The van der Waals surface area contributed by atoms with Gasteiger partial charge in [0.1, 0.15) is 5.82 Å². The maximum absolute atomic E-state index is 6.11. The first kappa shape index (κ1) is 19.8. The molecular weight excluding hydrogens is 385 g/mol. The Kier molecular flexibility index (Phi) is 7.47. The summed E-state index contributed by atoms with van der Waals surface area (Å²) in [4.78, 5) is 0. The molecule has 26 heavy (non-hydrogen) atoms. The Morgan fingerprint density at radius 1 is 1.15 bits per heavy atom. The molecule has 3 nitrogen and oxygen atoms in total. The summed E-state index contributed by atoms with van der Waals surface area (Å²) in [5.41, 5.74) is 1.13. The molecule has 2 aromatic rings. The summed E-state index contributed by atoms with van der Waals surface area (Å²) in [6.45, 7) is 4.64. The molecule has 1 aliphatic rings. The lowest BCUT2D eigenvalue weighted by atomic mass is 9.86. The van der Waals surface area contributed by atoms with Gasteiger partial charge in [-0.15, -0.1) is 16.8 Å². The van der Waals surface area contributed by atoms with Crippen LogP contribution in [0.5, 0.6) is 0 Å². The van der Waals surface area contributed by atoms with Gasteiger partial charge in [0.05, 0.1) is 10.0 Å². The Labute approximate surface area is 170 Å². The van der Waals surface area contributed by atoms with Gasteiger partial charge in [0.2, 0.25) is 0 Å². The highest BCUT2D eigenvalue weighted by atomic mass is 35.5. The molecule has 0 saturated heterocycles. The maximum atomic E-state index is 6.11. The molecule has 1 fully saturated rings. The summed E-state index contributed by atoms with van der Waals surface area (Å²) in [6, 6.07) is 5.75. The van der Waals surface area contributed by atoms with Gasteiger partial charge in [0.25, 0.3) is 0 Å². The molecule has 1 aromatic heterocycles. The number of thioether (sulfide) groups is 1. The SMILES string of the molecule is C=CCn1c(CCC2CCCCC2)nnc1SCc1ccc(Cl)c(Cl)c1. The zero-order chi connectivity index (χ0) is 18.4. The Hall–Kier alpha value is -0.970. The Balaban J connectivity index is 1.63. The van der Waals surface area contributed by atoms with Crippen LogP contribution >= 0.6 is 35.0 Å². The van der Waals surface area contributed by atoms with Crippen LogP contribution in [0.15, 0.2) is 36.0 Å². The van der Waals surface area contributed by atoms with Crippen LogP contribution in [0.25, 0.3) is 0 Å². The molecule has 1 saturated carbocycles. The van der Waals surface area contributed by atoms with Crippen molar-refractivity contribution >= 4 is 35.0 Å². The molecule has 3 rings (SSSR count). The zero-order valence-corrected chi connectivity index (χ0v) is 17.3. The molecule has 0 N–H and O–H groups in total. The van der Waals surface area contributed by atoms with Crippen LogP contribution in [-0.4, -0.2) is 14.8 Å². The third-order valence-electron chi connectivity index (χ3n) is 4.96. The number of rotatable bonds is 8. The lowest BCUT2D eigenvalue weighted by Crippen LogP contribution is -2.10. The van der Waals surface area contributed by atoms with Gasteiger partial charge in [-0.2, -0.15) is 0 Å². The van der Waals surface area contributed by atoms with Crippen molar-refractivity contribution in [2.75, 3.05) is 0 Å². The van der Waals surface area contributed by atoms with E-state index in [1.807, 2.05) is 24.3 Å². The van der Waals surface area contributed by atoms with Gasteiger partial charge < -0.3 is 4.57 Å². The summed E-state index contributed by atoms with van der Waals surface area (Å²) in [6.07, 6.45) is 11.0. The van der Waals surface area contributed by atoms with Gasteiger partial charge >= 0.3 is 0 Å². The maximum Gasteiger partial charge on any atom is 0.191 e. The van der Waals surface area contributed by atoms with Crippen molar-refractivity contribution in [1.29, 1.82) is 0 Å². The molecular formula is C20H25Cl2N3S. The van der Waals surface area contributed by atoms with Crippen LogP contribution in [0, 0.1) is 5.92 Å². The fraction of sp³-hybridized carbons (Fsp3) is 0.500. The van der Waals surface area contributed by atoms with Crippen LogP contribution in [-0.2, 0) is 18.7 Å². The molecule has 1 aliphatic carbocycles. The summed E-state index contributed by atoms with van der Waals surface area (Å²) in [5, 5.41) is 11.0. The van der Waals surface area contributed by atoms with Gasteiger partial charge in [-0.25, -0.2) is 0 Å². The smallest absolute Gasteiger partial charge is 0.191 e. The quantitative estimate of drug-likeness (QED) is 0.364. The molecule has 0 amide bonds. The summed E-state index contributed by atoms with van der Waals surface area (Å²) >= 11 is 13.8. The van der Waals surface area contributed by atoms with Gasteiger partial charge in [0, 0.05) is 18.7 Å². The topological polar surface area (TPSA) is 30.7 Å². The van der Waals surface area contributed by atoms with E-state index in [0.29, 0.717) is 10.0 Å². The first-order valence-corrected chi connectivity index (χ1v) is 11.0. The molecule has 1 aromatic carbocycles. The fourth-order valence-corrected chi connectivity index (χ4v) is 4.74. The number of hydrogen-bond donors (Lipinski definition) is 0. The lowest BCUT2D eigenvalue weighted by Gasteiger charge is -2.21. The van der Waals surface area contributed by atoms with E-state index < -0.39 is 0 Å². The highest BCUT2D eigenvalue weighted by Gasteiger charge is 2.17. The van der Waals surface area contributed by atoms with Crippen LogP contribution in [0.1, 0.15) is 49.9 Å². The summed E-state index contributed by atoms with van der Waals surface area (Å²) < 4.78 is 2.19. The molecule has 140 valence electrons. The van der Waals surface area contributed by atoms with E-state index in [1.54, 1.807) is 11.8 Å². The second-order valence-electron chi connectivity index (χ2n) is 6.88. The van der Waals surface area contributed by atoms with Crippen molar-refractivity contribution in [3.8, 4) is 0 Å². The predicted molar refractivity (Wildman–Crippen MR) is 111 cm³/mol. The summed E-state index contributed by atoms with van der Waals surface area (Å²) in [7, 11) is 0. The number of benzene rings is 1. The molecule has 0 spiro atoms. The van der Waals surface area contributed by atoms with E-state index in [-0.39, 0.29) is 0 Å². The number of hydrogen-bond acceptors (Lipinski definition) is 3. The second-order valence-corrected chi connectivity index (χ2v) is 8.63. The normalized spacial score (nSPS) is 15.3. The van der Waals surface area contributed by atoms with E-state index in [2.05, 4.69) is 21.3 Å². The first-order chi connectivity index (χ1) is 12.7. The van der Waals surface area contributed by atoms with Crippen molar-refractivity contribution < 1.29 is 0 Å². The summed E-state index contributed by atoms with van der Waals surface area (Å²) in [5.74, 6) is 2.71. The van der Waals surface area contributed by atoms with E-state index in [4.69, 9.17) is 23.2 Å². The van der Waals surface area contributed by atoms with Crippen LogP contribution in [0.2, 0.25) is 10.0 Å². The zero-order valence-electron chi connectivity index (χ0n) is 15.0. The van der Waals surface area contributed by atoms with Gasteiger partial charge in [-0.1, -0.05) is 79.2 Å². The van der Waals surface area contributed by atoms with Crippen LogP contribution < -0.4 is 0 Å². The van der Waals surface area contributed by atoms with Crippen molar-refractivity contribution in [3.63, 3.8) is 0 Å². The first-order valence-electron chi connectivity index (χ1n) is 9.27. The van der Waals surface area contributed by atoms with Gasteiger partial charge in [0.15, 0.2) is 5.16 Å². The monoisotopic (exact) mass is 409 g/mol. The van der Waals surface area contributed by atoms with Crippen molar-refractivity contribution in [3.05, 3.63) is 52.3 Å². The minimum absolute atomic E-state index is 0.584. The van der Waals surface area contributed by atoms with Crippen LogP contribution in [0.3, 0.4) is 0 Å². The number of halogens is 2. The Bertz CT molecular complexity index is 739. The Morgan fingerprint density at radius 2 is 1.96 bits per heavy atom. The minimum atomic E-state index is 0.584. The van der Waals surface area contributed by atoms with E-state index in [1.165, 1.54) is 38.5 Å². The number of aryl methyl sites for hydroxylation is 1. The Morgan fingerprint density at radius 3 is 2.69 bits per heavy atom. The third kappa shape index (κ3) is 5.28. The molecule has 6 heteroatoms. The molecule has 0 radical (unpaired) electrons. The van der Waals surface area contributed by atoms with Gasteiger partial charge in [-0.3, -0.25) is 0 Å². The highest BCUT2D eigenvalue weighted by molar-refractivity contribution is 7.98. The largest absolute Gasteiger partial charge is 0.302 e. The number of allylic oxidation sites excluding steroid dienone is 1. The average Bonchev–Trinajstić information content (AvgIpc) is 3.04. The lowest BCUT2D eigenvalue weighted by molar-refractivity contribution is 0.336. The van der Waals surface area contributed by atoms with Crippen molar-refractivity contribution in [1.82, 2.24) is 14.8 Å². The molecule has 0 atom stereocenters. The standard InChI is InChI=1S/C20H25Cl2N3S/c1-2-12-25-19(11-9-15-6-4-3-5-7-15)23-24-20(25)26-14-16-8-10-17(21)18(22)13-16/h2,8,10,13,15H,1,3-7,9,11-12,14H2. The predicted octanol–water partition coefficient (Wildman–Crippen LogP) is 6.58. The second kappa shape index (κ2) is 9.82. The van der Waals surface area contributed by atoms with Crippen LogP contribution in [0.4, 0.5) is 0 Å². The van der Waals surface area contributed by atoms with E-state index in [0.717, 1.165) is 41.2 Å². The molecule has 0 bridgehead atoms. The molecule has 0 unspecified atom stereocenters. The fourth-order valence-electron chi connectivity index (χ4n) is 3.51. The van der Waals surface area contributed by atoms with Gasteiger partial charge in [-0.05, 0) is 30.0 Å². The van der Waals surface area contributed by atoms with Crippen molar-refractivity contribution in [2.24, 2.45) is 5.92 Å². The molecule has 0 aliphatic heterocycles. The van der Waals surface area contributed by atoms with E-state index in [9.17, 15) is 0 Å². The van der Waals surface area contributed by atoms with E-state index >= 15 is 0 Å². The molecule has 1 heterocycles. The number of nitrogens with zero attached hydrogens (tertiary/aromatic N) is 3. The third-order valence-corrected chi connectivity index (χ3v) is 6.73. The van der Waals surface area contributed by atoms with Crippen molar-refractivity contribution in [2.45, 2.75) is 62.4 Å². The highest BCUT2D eigenvalue weighted by Crippen LogP contribution is 2.29. The minimum Gasteiger partial charge on any atom is -0.302 e. The average molecular weight is 410 g/mol.